The van der Waals surface area contributed by atoms with Crippen molar-refractivity contribution < 1.29 is 0 Å². The topological polar surface area (TPSA) is 0 Å². The smallest absolute Gasteiger partial charge is 0.0255 e. The summed E-state index contributed by atoms with van der Waals surface area (Å²) in [6.07, 6.45) is -0.698. The minimum Gasteiger partial charge on any atom is -0.0739 e. The second-order valence-electron chi connectivity index (χ2n) is 4.75. The van der Waals surface area contributed by atoms with Crippen molar-refractivity contribution in [2.24, 2.45) is 0 Å². The van der Waals surface area contributed by atoms with Crippen molar-refractivity contribution in [1.29, 1.82) is 0 Å². The molecule has 0 N–H and O–H groups in total. The molecule has 0 spiro atoms. The first-order valence-corrected chi connectivity index (χ1v) is 21.0. The summed E-state index contributed by atoms with van der Waals surface area (Å²) in [7, 11) is 0.176. The van der Waals surface area contributed by atoms with Crippen LogP contribution in [0.3, 0.4) is 0 Å². The van der Waals surface area contributed by atoms with Crippen molar-refractivity contribution in [3.8, 4) is 0 Å². The van der Waals surface area contributed by atoms with Gasteiger partial charge < -0.3 is 0 Å². The van der Waals surface area contributed by atoms with Gasteiger partial charge in [-0.1, -0.05) is 52.4 Å². The zero-order valence-electron chi connectivity index (χ0n) is 10.5. The Morgan fingerprint density at radius 3 is 0.615 bits per heavy atom. The van der Waals surface area contributed by atoms with E-state index in [0.29, 0.717) is 0 Å². The molecule has 0 aliphatic carbocycles. The first-order chi connectivity index (χ1) is 5.77. The van der Waals surface area contributed by atoms with E-state index in [2.05, 4.69) is 52.4 Å². The van der Waals surface area contributed by atoms with Gasteiger partial charge in [0, 0.05) is 39.4 Å². The minimum atomic E-state index is -0.698. The average Bonchev–Trinajstić information content (AvgIpc) is 1.82. The fourth-order valence-electron chi connectivity index (χ4n) is 3.00. The van der Waals surface area contributed by atoms with Gasteiger partial charge in [0.25, 0.3) is 0 Å². The predicted molar refractivity (Wildman–Crippen MR) is 75.7 cm³/mol. The summed E-state index contributed by atoms with van der Waals surface area (Å²) in [5, 5.41) is 0. The molecule has 0 aromatic rings. The van der Waals surface area contributed by atoms with E-state index in [1.807, 2.05) is 0 Å². The fourth-order valence-corrected chi connectivity index (χ4v) is 81.0. The van der Waals surface area contributed by atoms with Crippen molar-refractivity contribution in [1.82, 2.24) is 0 Å². The molecule has 0 nitrogen and oxygen atoms in total. The van der Waals surface area contributed by atoms with Crippen LogP contribution in [0.4, 0.5) is 0 Å². The van der Waals surface area contributed by atoms with E-state index >= 15 is 0 Å². The van der Waals surface area contributed by atoms with E-state index in [-0.39, 0.29) is 33.3 Å². The molecule has 0 rings (SSSR count). The molecule has 5 heteroatoms. The highest BCUT2D eigenvalue weighted by Crippen LogP contribution is 2.20. The quantitative estimate of drug-likeness (QED) is 0.682. The summed E-state index contributed by atoms with van der Waals surface area (Å²) in [6.45, 7) is 20.9. The Labute approximate surface area is 91.7 Å². The van der Waals surface area contributed by atoms with Gasteiger partial charge in [-0.25, -0.2) is 0 Å². The number of hydrogen-bond donors (Lipinski definition) is 0. The molecule has 0 heterocycles. The zero-order valence-corrected chi connectivity index (χ0v) is 15.5. The van der Waals surface area contributed by atoms with E-state index < -0.39 is 6.14 Å². The summed E-state index contributed by atoms with van der Waals surface area (Å²) in [6, 6.07) is 0. The highest BCUT2D eigenvalue weighted by molar-refractivity contribution is 7.96. The summed E-state index contributed by atoms with van der Waals surface area (Å²) < 4.78 is 0. The average molecular weight is 261 g/mol. The van der Waals surface area contributed by atoms with E-state index in [9.17, 15) is 0 Å². The first kappa shape index (κ1) is 14.1. The lowest BCUT2D eigenvalue weighted by Crippen LogP contribution is -2.75. The molecule has 0 bridgehead atoms. The van der Waals surface area contributed by atoms with Gasteiger partial charge in [0.05, 0.1) is 0 Å². The van der Waals surface area contributed by atoms with Gasteiger partial charge in [0.15, 0.2) is 0 Å². The van der Waals surface area contributed by atoms with Crippen LogP contribution in [0.2, 0.25) is 52.4 Å². The highest BCUT2D eigenvalue weighted by atomic mass is 30.1. The molecular formula is C8H24Si5. The van der Waals surface area contributed by atoms with Gasteiger partial charge in [-0.3, -0.25) is 0 Å². The van der Waals surface area contributed by atoms with Crippen LogP contribution < -0.4 is 0 Å². The molecule has 0 saturated heterocycles. The Balaban J connectivity index is 5.06. The van der Waals surface area contributed by atoms with Crippen LogP contribution in [0, 0.1) is 0 Å². The molecule has 13 heavy (non-hydrogen) atoms. The fraction of sp³-hybridized carbons (Fsp3) is 1.00. The van der Waals surface area contributed by atoms with Crippen LogP contribution >= 0.6 is 0 Å². The van der Waals surface area contributed by atoms with Crippen LogP contribution in [0.15, 0.2) is 0 Å². The van der Waals surface area contributed by atoms with Crippen molar-refractivity contribution >= 4 is 39.4 Å². The third kappa shape index (κ3) is 2.55. The maximum absolute atomic E-state index is 2.61. The van der Waals surface area contributed by atoms with Gasteiger partial charge >= 0.3 is 0 Å². The van der Waals surface area contributed by atoms with Crippen LogP contribution in [-0.2, 0) is 0 Å². The van der Waals surface area contributed by atoms with Crippen molar-refractivity contribution in [3.63, 3.8) is 0 Å². The van der Waals surface area contributed by atoms with Gasteiger partial charge in [-0.15, -0.1) is 0 Å². The third-order valence-electron chi connectivity index (χ3n) is 3.00. The largest absolute Gasteiger partial charge is 0.0739 e. The lowest BCUT2D eigenvalue weighted by atomic mass is 11.9. The number of hydrogen-bond acceptors (Lipinski definition) is 0. The molecule has 0 atom stereocenters. The van der Waals surface area contributed by atoms with Crippen LogP contribution in [0.5, 0.6) is 0 Å². The molecule has 0 aromatic carbocycles. The molecule has 0 fully saturated rings. The Morgan fingerprint density at radius 2 is 0.615 bits per heavy atom. The molecule has 0 aliphatic rings. The maximum atomic E-state index is 2.61. The Hall–Kier alpha value is 1.08. The van der Waals surface area contributed by atoms with Gasteiger partial charge in [0.1, 0.15) is 0 Å². The van der Waals surface area contributed by atoms with E-state index in [1.54, 1.807) is 0 Å². The van der Waals surface area contributed by atoms with Crippen molar-refractivity contribution in [2.45, 2.75) is 52.4 Å². The van der Waals surface area contributed by atoms with Crippen LogP contribution in [0.1, 0.15) is 0 Å². The van der Waals surface area contributed by atoms with Gasteiger partial charge in [-0.2, -0.15) is 0 Å². The second-order valence-corrected chi connectivity index (χ2v) is 44.2. The first-order valence-electron chi connectivity index (χ1n) is 5.00. The normalized spacial score (nSPS) is 13.8. The zero-order chi connectivity index (χ0) is 10.8. The predicted octanol–water partition coefficient (Wildman–Crippen LogP) is 2.77. The van der Waals surface area contributed by atoms with Crippen LogP contribution in [0.25, 0.3) is 0 Å². The third-order valence-corrected chi connectivity index (χ3v) is 81.0. The Kier molecular flexibility index (Phi) is 5.68. The minimum absolute atomic E-state index is 0.0440. The maximum Gasteiger partial charge on any atom is 0.0255 e. The van der Waals surface area contributed by atoms with Crippen molar-refractivity contribution in [3.05, 3.63) is 0 Å². The van der Waals surface area contributed by atoms with Gasteiger partial charge in [-0.05, 0) is 0 Å². The summed E-state index contributed by atoms with van der Waals surface area (Å²) >= 11 is 0. The highest BCUT2D eigenvalue weighted by Gasteiger charge is 2.46. The lowest BCUT2D eigenvalue weighted by Gasteiger charge is -2.44. The lowest BCUT2D eigenvalue weighted by molar-refractivity contribution is 1.97. The summed E-state index contributed by atoms with van der Waals surface area (Å²) in [4.78, 5) is 0. The SMILES string of the molecule is C[Si](C)[Si]([Si](C)C)([Si](C)C)[Si](C)C. The number of rotatable bonds is 4. The monoisotopic (exact) mass is 260 g/mol. The van der Waals surface area contributed by atoms with Crippen molar-refractivity contribution in [2.75, 3.05) is 0 Å². The molecule has 0 aliphatic heterocycles. The van der Waals surface area contributed by atoms with E-state index in [1.165, 1.54) is 0 Å². The molecule has 4 radical (unpaired) electrons. The second kappa shape index (κ2) is 5.25. The summed E-state index contributed by atoms with van der Waals surface area (Å²) in [5.41, 5.74) is 0. The standard InChI is InChI=1S/C8H24Si5/c1-9(2)13(10(3)4,11(5)6)12(7)8/h1-8H3. The van der Waals surface area contributed by atoms with E-state index in [4.69, 9.17) is 0 Å². The molecule has 76 valence electrons. The summed E-state index contributed by atoms with van der Waals surface area (Å²) in [5.74, 6) is 0. The Morgan fingerprint density at radius 1 is 0.462 bits per heavy atom. The van der Waals surface area contributed by atoms with E-state index in [0.717, 1.165) is 0 Å². The Bertz CT molecular complexity index is 115. The molecule has 0 unspecified atom stereocenters. The molecule has 0 aromatic heterocycles. The molecule has 0 amide bonds. The molecular weight excluding hydrogens is 237 g/mol. The van der Waals surface area contributed by atoms with Crippen LogP contribution in [-0.4, -0.2) is 39.4 Å². The van der Waals surface area contributed by atoms with Gasteiger partial charge in [0.2, 0.25) is 0 Å². The molecule has 0 saturated carbocycles.